The smallest absolute Gasteiger partial charge is 0.144 e. The van der Waals surface area contributed by atoms with Gasteiger partial charge in [-0.05, 0) is 0 Å². The van der Waals surface area contributed by atoms with Gasteiger partial charge in [-0.1, -0.05) is 0 Å². The van der Waals surface area contributed by atoms with Crippen molar-refractivity contribution in [2.24, 2.45) is 0 Å². The van der Waals surface area contributed by atoms with E-state index in [-0.39, 0.29) is 0 Å². The molecule has 2 nitrogen and oxygen atoms in total. The van der Waals surface area contributed by atoms with Crippen LogP contribution in [-0.4, -0.2) is 10.5 Å². The molecule has 0 saturated carbocycles. The fourth-order valence-corrected chi connectivity index (χ4v) is 0.555. The lowest BCUT2D eigenvalue weighted by molar-refractivity contribution is 0.632. The fraction of sp³-hybridized carbons (Fsp3) is 1.00. The molecular weight excluding hydrogens is 144 g/mol. The van der Waals surface area contributed by atoms with Crippen LogP contribution < -0.4 is 4.13 Å². The summed E-state index contributed by atoms with van der Waals surface area (Å²) >= 11 is -0.480. The van der Waals surface area contributed by atoms with Crippen LogP contribution >= 0.6 is 12.3 Å². The van der Waals surface area contributed by atoms with Crippen molar-refractivity contribution >= 4 is 22.8 Å². The SMILES string of the molecule is C[SH](=O)(F)NSF. The van der Waals surface area contributed by atoms with E-state index < -0.39 is 22.8 Å². The minimum Gasteiger partial charge on any atom is -0.241 e. The zero-order valence-corrected chi connectivity index (χ0v) is 5.23. The highest BCUT2D eigenvalue weighted by molar-refractivity contribution is 8.09. The van der Waals surface area contributed by atoms with E-state index in [0.717, 1.165) is 6.26 Å². The van der Waals surface area contributed by atoms with Gasteiger partial charge in [0.1, 0.15) is 12.3 Å². The van der Waals surface area contributed by atoms with Crippen LogP contribution in [0.4, 0.5) is 7.77 Å². The number of hydrogen-bond acceptors (Lipinski definition) is 2. The highest BCUT2D eigenvalue weighted by Gasteiger charge is 1.99. The Balaban J connectivity index is 3.36. The van der Waals surface area contributed by atoms with Gasteiger partial charge in [0, 0.05) is 6.26 Å². The standard InChI is InChI=1S/CH5F2NOS2/c1-7(3,5)4-6-2/h7H,1H3,(H,4,5). The van der Waals surface area contributed by atoms with Gasteiger partial charge in [-0.25, -0.2) is 4.21 Å². The molecule has 0 bridgehead atoms. The van der Waals surface area contributed by atoms with Crippen molar-refractivity contribution in [3.63, 3.8) is 0 Å². The number of halogens is 2. The lowest BCUT2D eigenvalue weighted by Crippen LogP contribution is -2.15. The Bertz CT molecular complexity index is 89.7. The molecular formula is CH5F2NOS2. The van der Waals surface area contributed by atoms with Gasteiger partial charge in [0.15, 0.2) is 0 Å². The van der Waals surface area contributed by atoms with E-state index >= 15 is 0 Å². The first kappa shape index (κ1) is 7.32. The molecule has 46 valence electrons. The molecule has 0 fully saturated rings. The molecule has 0 spiro atoms. The van der Waals surface area contributed by atoms with Crippen LogP contribution in [0.15, 0.2) is 0 Å². The Morgan fingerprint density at radius 2 is 2.29 bits per heavy atom. The zero-order chi connectivity index (χ0) is 5.91. The molecule has 0 saturated heterocycles. The summed E-state index contributed by atoms with van der Waals surface area (Å²) in [4.78, 5) is 0. The largest absolute Gasteiger partial charge is 0.241 e. The number of nitrogens with one attached hydrogen (secondary N) is 1. The third-order valence-corrected chi connectivity index (χ3v) is 1.78. The quantitative estimate of drug-likeness (QED) is 0.341. The molecule has 0 aliphatic heterocycles. The summed E-state index contributed by atoms with van der Waals surface area (Å²) in [6.07, 6.45) is 0.791. The van der Waals surface area contributed by atoms with Crippen molar-refractivity contribution in [1.29, 1.82) is 0 Å². The van der Waals surface area contributed by atoms with Crippen molar-refractivity contribution in [2.75, 3.05) is 6.26 Å². The van der Waals surface area contributed by atoms with Crippen LogP contribution in [0, 0.1) is 0 Å². The topological polar surface area (TPSA) is 29.1 Å². The van der Waals surface area contributed by atoms with Crippen LogP contribution in [0.1, 0.15) is 0 Å². The zero-order valence-electron chi connectivity index (χ0n) is 3.52. The predicted molar refractivity (Wildman–Crippen MR) is 28.4 cm³/mol. The van der Waals surface area contributed by atoms with Crippen LogP contribution in [0.3, 0.4) is 0 Å². The summed E-state index contributed by atoms with van der Waals surface area (Å²) < 4.78 is 33.7. The molecule has 0 heterocycles. The van der Waals surface area contributed by atoms with Gasteiger partial charge in [0.2, 0.25) is 0 Å². The van der Waals surface area contributed by atoms with E-state index in [9.17, 15) is 12.0 Å². The van der Waals surface area contributed by atoms with Gasteiger partial charge < -0.3 is 0 Å². The second kappa shape index (κ2) is 2.58. The molecule has 0 aromatic heterocycles. The predicted octanol–water partition coefficient (Wildman–Crippen LogP) is 0.555. The van der Waals surface area contributed by atoms with Gasteiger partial charge in [0.25, 0.3) is 0 Å². The average Bonchev–Trinajstić information content (AvgIpc) is 1.30. The lowest BCUT2D eigenvalue weighted by Gasteiger charge is -2.02. The van der Waals surface area contributed by atoms with Crippen LogP contribution in [0.25, 0.3) is 0 Å². The molecule has 0 rings (SSSR count). The monoisotopic (exact) mass is 149 g/mol. The molecule has 7 heavy (non-hydrogen) atoms. The summed E-state index contributed by atoms with van der Waals surface area (Å²) in [5.41, 5.74) is 0. The Kier molecular flexibility index (Phi) is 2.70. The number of thiol groups is 1. The Labute approximate surface area is 45.9 Å². The molecule has 0 unspecified atom stereocenters. The van der Waals surface area contributed by atoms with Crippen molar-refractivity contribution < 1.29 is 12.0 Å². The fourth-order valence-electron chi connectivity index (χ4n) is 0.0616. The first-order valence-electron chi connectivity index (χ1n) is 1.38. The van der Waals surface area contributed by atoms with Crippen LogP contribution in [-0.2, 0) is 10.5 Å². The van der Waals surface area contributed by atoms with Crippen molar-refractivity contribution in [3.05, 3.63) is 0 Å². The molecule has 6 heteroatoms. The summed E-state index contributed by atoms with van der Waals surface area (Å²) in [7, 11) is -3.83. The van der Waals surface area contributed by atoms with E-state index in [0.29, 0.717) is 0 Å². The summed E-state index contributed by atoms with van der Waals surface area (Å²) in [5, 5.41) is 0. The van der Waals surface area contributed by atoms with Gasteiger partial charge in [-0.3, -0.25) is 0 Å². The number of rotatable bonds is 2. The highest BCUT2D eigenvalue weighted by atomic mass is 32.3. The third-order valence-electron chi connectivity index (χ3n) is 0.198. The Morgan fingerprint density at radius 1 is 1.86 bits per heavy atom. The first-order chi connectivity index (χ1) is 3.06. The Morgan fingerprint density at radius 3 is 2.29 bits per heavy atom. The molecule has 0 aromatic rings. The summed E-state index contributed by atoms with van der Waals surface area (Å²) in [6.45, 7) is 0. The maximum atomic E-state index is 11.6. The molecule has 0 aromatic carbocycles. The van der Waals surface area contributed by atoms with Gasteiger partial charge in [0.05, 0.1) is 10.5 Å². The Hall–Kier alpha value is 0.320. The minimum absolute atomic E-state index is 0.480. The van der Waals surface area contributed by atoms with Gasteiger partial charge >= 0.3 is 0 Å². The summed E-state index contributed by atoms with van der Waals surface area (Å²) in [5.74, 6) is 0. The van der Waals surface area contributed by atoms with Gasteiger partial charge in [-0.2, -0.15) is 4.13 Å². The van der Waals surface area contributed by atoms with E-state index in [4.69, 9.17) is 0 Å². The maximum Gasteiger partial charge on any atom is 0.144 e. The average molecular weight is 149 g/mol. The van der Waals surface area contributed by atoms with Crippen molar-refractivity contribution in [3.8, 4) is 0 Å². The van der Waals surface area contributed by atoms with Crippen LogP contribution in [0.5, 0.6) is 0 Å². The minimum atomic E-state index is -3.83. The first-order valence-corrected chi connectivity index (χ1v) is 4.14. The molecule has 0 amide bonds. The molecule has 0 aliphatic carbocycles. The van der Waals surface area contributed by atoms with E-state index in [2.05, 4.69) is 0 Å². The maximum absolute atomic E-state index is 11.6. The second-order valence-electron chi connectivity index (χ2n) is 0.988. The van der Waals surface area contributed by atoms with E-state index in [1.54, 1.807) is 0 Å². The third kappa shape index (κ3) is 6.32. The second-order valence-corrected chi connectivity index (χ2v) is 3.51. The van der Waals surface area contributed by atoms with E-state index in [1.165, 1.54) is 4.13 Å². The number of hydrogen-bond donors (Lipinski definition) is 2. The summed E-state index contributed by atoms with van der Waals surface area (Å²) in [6, 6.07) is 0. The molecule has 0 atom stereocenters. The van der Waals surface area contributed by atoms with Crippen LogP contribution in [0.2, 0.25) is 0 Å². The molecule has 0 radical (unpaired) electrons. The van der Waals surface area contributed by atoms with Crippen molar-refractivity contribution in [1.82, 2.24) is 4.13 Å². The highest BCUT2D eigenvalue weighted by Crippen LogP contribution is 2.02. The molecule has 0 aliphatic rings. The lowest BCUT2D eigenvalue weighted by atomic mass is 12.0. The normalized spacial score (nSPS) is 14.1. The van der Waals surface area contributed by atoms with E-state index in [1.807, 2.05) is 0 Å². The molecule has 1 N–H and O–H groups in total. The van der Waals surface area contributed by atoms with Gasteiger partial charge in [-0.15, -0.1) is 7.77 Å². The van der Waals surface area contributed by atoms with Crippen molar-refractivity contribution in [2.45, 2.75) is 0 Å².